The Hall–Kier alpha value is -1.42. The van der Waals surface area contributed by atoms with Crippen LogP contribution in [0.1, 0.15) is 13.8 Å². The van der Waals surface area contributed by atoms with Crippen LogP contribution in [0.3, 0.4) is 0 Å². The molecule has 1 N–H and O–H groups in total. The molecule has 0 fully saturated rings. The minimum Gasteiger partial charge on any atom is -0.394 e. The van der Waals surface area contributed by atoms with Gasteiger partial charge in [-0.2, -0.15) is 0 Å². The standard InChI is InChI=1S/C6H5NO2.C3H8O/c8-7(9)6-4-2-1-3-5-6;1-3(2)4/h1-5H;3-4H,1-2H3. The highest BCUT2D eigenvalue weighted by Crippen LogP contribution is 2.06. The van der Waals surface area contributed by atoms with Gasteiger partial charge in [0, 0.05) is 18.2 Å². The number of non-ortho nitro benzene ring substituents is 1. The van der Waals surface area contributed by atoms with Crippen LogP contribution in [0.5, 0.6) is 0 Å². The first-order valence-corrected chi connectivity index (χ1v) is 3.91. The van der Waals surface area contributed by atoms with Crippen molar-refractivity contribution in [3.8, 4) is 0 Å². The summed E-state index contributed by atoms with van der Waals surface area (Å²) in [5.41, 5.74) is 0.137. The number of aliphatic hydroxyl groups is 1. The summed E-state index contributed by atoms with van der Waals surface area (Å²) >= 11 is 0. The Morgan fingerprint density at radius 3 is 1.92 bits per heavy atom. The Morgan fingerprint density at radius 2 is 1.69 bits per heavy atom. The third-order valence-electron chi connectivity index (χ3n) is 0.967. The molecular formula is C9H13NO3. The highest BCUT2D eigenvalue weighted by molar-refractivity contribution is 5.27. The summed E-state index contributed by atoms with van der Waals surface area (Å²) in [7, 11) is 0. The van der Waals surface area contributed by atoms with Gasteiger partial charge in [0.05, 0.1) is 4.92 Å². The molecule has 13 heavy (non-hydrogen) atoms. The van der Waals surface area contributed by atoms with E-state index in [0.29, 0.717) is 0 Å². The van der Waals surface area contributed by atoms with Gasteiger partial charge in [-0.1, -0.05) is 18.2 Å². The lowest BCUT2D eigenvalue weighted by Crippen LogP contribution is -1.85. The van der Waals surface area contributed by atoms with Gasteiger partial charge in [0.1, 0.15) is 0 Å². The van der Waals surface area contributed by atoms with Gasteiger partial charge in [0.25, 0.3) is 5.69 Å². The number of para-hydroxylation sites is 1. The Balaban J connectivity index is 0.000000310. The fraction of sp³-hybridized carbons (Fsp3) is 0.333. The molecule has 4 heteroatoms. The Morgan fingerprint density at radius 1 is 1.31 bits per heavy atom. The molecule has 0 heterocycles. The molecule has 0 aliphatic rings. The molecule has 0 aromatic heterocycles. The molecular weight excluding hydrogens is 170 g/mol. The largest absolute Gasteiger partial charge is 0.394 e. The van der Waals surface area contributed by atoms with Crippen molar-refractivity contribution in [2.45, 2.75) is 20.0 Å². The van der Waals surface area contributed by atoms with E-state index in [0.717, 1.165) is 0 Å². The number of aliphatic hydroxyl groups excluding tert-OH is 1. The zero-order valence-corrected chi connectivity index (χ0v) is 7.68. The molecule has 1 rings (SSSR count). The van der Waals surface area contributed by atoms with Crippen molar-refractivity contribution in [1.82, 2.24) is 0 Å². The molecule has 0 radical (unpaired) electrons. The molecule has 0 saturated heterocycles. The lowest BCUT2D eigenvalue weighted by molar-refractivity contribution is -0.384. The first-order valence-electron chi connectivity index (χ1n) is 3.91. The minimum atomic E-state index is -0.417. The van der Waals surface area contributed by atoms with Crippen molar-refractivity contribution in [1.29, 1.82) is 0 Å². The molecule has 0 aliphatic carbocycles. The first kappa shape index (κ1) is 11.6. The van der Waals surface area contributed by atoms with Crippen molar-refractivity contribution >= 4 is 5.69 Å². The normalized spacial score (nSPS) is 8.92. The van der Waals surface area contributed by atoms with E-state index < -0.39 is 4.92 Å². The van der Waals surface area contributed by atoms with Gasteiger partial charge in [0.15, 0.2) is 0 Å². The van der Waals surface area contributed by atoms with Gasteiger partial charge in [-0.3, -0.25) is 10.1 Å². The Bertz CT molecular complexity index is 244. The van der Waals surface area contributed by atoms with E-state index in [1.807, 2.05) is 0 Å². The fourth-order valence-corrected chi connectivity index (χ4v) is 0.550. The van der Waals surface area contributed by atoms with Crippen LogP contribution in [-0.4, -0.2) is 16.1 Å². The van der Waals surface area contributed by atoms with Gasteiger partial charge in [-0.05, 0) is 13.8 Å². The van der Waals surface area contributed by atoms with E-state index in [-0.39, 0.29) is 11.8 Å². The summed E-state index contributed by atoms with van der Waals surface area (Å²) < 4.78 is 0. The highest BCUT2D eigenvalue weighted by Gasteiger charge is 1.98. The molecule has 1 aromatic carbocycles. The van der Waals surface area contributed by atoms with Crippen LogP contribution in [0.25, 0.3) is 0 Å². The average Bonchev–Trinajstić information content (AvgIpc) is 2.05. The van der Waals surface area contributed by atoms with E-state index >= 15 is 0 Å². The SMILES string of the molecule is CC(C)O.O=[N+]([O-])c1ccccc1. The third kappa shape index (κ3) is 6.96. The Kier molecular flexibility index (Phi) is 5.47. The third-order valence-corrected chi connectivity index (χ3v) is 0.967. The van der Waals surface area contributed by atoms with E-state index in [1.165, 1.54) is 12.1 Å². The van der Waals surface area contributed by atoms with Crippen LogP contribution in [0.2, 0.25) is 0 Å². The zero-order valence-electron chi connectivity index (χ0n) is 7.68. The predicted molar refractivity (Wildman–Crippen MR) is 50.5 cm³/mol. The number of benzene rings is 1. The number of nitro groups is 1. The maximum atomic E-state index is 10.0. The lowest BCUT2D eigenvalue weighted by Gasteiger charge is -1.85. The topological polar surface area (TPSA) is 63.4 Å². The van der Waals surface area contributed by atoms with Gasteiger partial charge in [-0.25, -0.2) is 0 Å². The van der Waals surface area contributed by atoms with Crippen LogP contribution in [0, 0.1) is 10.1 Å². The van der Waals surface area contributed by atoms with Crippen molar-refractivity contribution in [2.75, 3.05) is 0 Å². The van der Waals surface area contributed by atoms with Crippen LogP contribution in [0.4, 0.5) is 5.69 Å². The predicted octanol–water partition coefficient (Wildman–Crippen LogP) is 1.98. The van der Waals surface area contributed by atoms with E-state index in [1.54, 1.807) is 32.0 Å². The summed E-state index contributed by atoms with van der Waals surface area (Å²) in [6.07, 6.45) is -0.167. The molecule has 0 saturated carbocycles. The van der Waals surface area contributed by atoms with Gasteiger partial charge in [0.2, 0.25) is 0 Å². The van der Waals surface area contributed by atoms with E-state index in [9.17, 15) is 10.1 Å². The van der Waals surface area contributed by atoms with Crippen LogP contribution < -0.4 is 0 Å². The fourth-order valence-electron chi connectivity index (χ4n) is 0.550. The molecule has 4 nitrogen and oxygen atoms in total. The average molecular weight is 183 g/mol. The maximum absolute atomic E-state index is 10.0. The van der Waals surface area contributed by atoms with E-state index in [4.69, 9.17) is 5.11 Å². The number of rotatable bonds is 1. The molecule has 72 valence electrons. The molecule has 0 amide bonds. The van der Waals surface area contributed by atoms with Crippen LogP contribution >= 0.6 is 0 Å². The van der Waals surface area contributed by atoms with Gasteiger partial charge >= 0.3 is 0 Å². The number of hydrogen-bond donors (Lipinski definition) is 1. The molecule has 0 aliphatic heterocycles. The lowest BCUT2D eigenvalue weighted by atomic mass is 10.3. The van der Waals surface area contributed by atoms with Crippen LogP contribution in [-0.2, 0) is 0 Å². The van der Waals surface area contributed by atoms with Crippen molar-refractivity contribution in [3.05, 3.63) is 40.4 Å². The summed E-state index contributed by atoms with van der Waals surface area (Å²) in [6.45, 7) is 3.44. The Labute approximate surface area is 77.0 Å². The molecule has 1 aromatic rings. The number of hydrogen-bond acceptors (Lipinski definition) is 3. The molecule has 0 spiro atoms. The monoisotopic (exact) mass is 183 g/mol. The molecule has 0 bridgehead atoms. The summed E-state index contributed by atoms with van der Waals surface area (Å²) in [5, 5.41) is 18.1. The van der Waals surface area contributed by atoms with Gasteiger partial charge in [-0.15, -0.1) is 0 Å². The van der Waals surface area contributed by atoms with E-state index in [2.05, 4.69) is 0 Å². The minimum absolute atomic E-state index is 0.137. The second-order valence-corrected chi connectivity index (χ2v) is 2.69. The number of nitrogens with zero attached hydrogens (tertiary/aromatic N) is 1. The van der Waals surface area contributed by atoms with Crippen molar-refractivity contribution in [2.24, 2.45) is 0 Å². The number of nitro benzene ring substituents is 1. The van der Waals surface area contributed by atoms with Gasteiger partial charge < -0.3 is 5.11 Å². The van der Waals surface area contributed by atoms with Crippen molar-refractivity contribution in [3.63, 3.8) is 0 Å². The summed E-state index contributed by atoms with van der Waals surface area (Å²) in [4.78, 5) is 9.59. The zero-order chi connectivity index (χ0) is 10.3. The second-order valence-electron chi connectivity index (χ2n) is 2.69. The quantitative estimate of drug-likeness (QED) is 0.534. The second kappa shape index (κ2) is 6.14. The smallest absolute Gasteiger partial charge is 0.269 e. The first-order chi connectivity index (χ1) is 6.04. The van der Waals surface area contributed by atoms with Crippen LogP contribution in [0.15, 0.2) is 30.3 Å². The highest BCUT2D eigenvalue weighted by atomic mass is 16.6. The summed E-state index contributed by atoms with van der Waals surface area (Å²) in [5.74, 6) is 0. The summed E-state index contributed by atoms with van der Waals surface area (Å²) in [6, 6.07) is 7.93. The molecule has 0 atom stereocenters. The maximum Gasteiger partial charge on any atom is 0.269 e. The molecule has 0 unspecified atom stereocenters. The van der Waals surface area contributed by atoms with Crippen molar-refractivity contribution < 1.29 is 10.0 Å².